The van der Waals surface area contributed by atoms with E-state index in [1.165, 1.54) is 12.1 Å². The van der Waals surface area contributed by atoms with Gasteiger partial charge in [0, 0.05) is 13.0 Å². The number of phosphoric acid groups is 1. The van der Waals surface area contributed by atoms with E-state index < -0.39 is 68.1 Å². The molecule has 222 valence electrons. The van der Waals surface area contributed by atoms with Crippen molar-refractivity contribution in [3.8, 4) is 5.75 Å². The molecule has 0 aromatic heterocycles. The number of benzene rings is 1. The maximum absolute atomic E-state index is 11.7. The van der Waals surface area contributed by atoms with Crippen molar-refractivity contribution in [3.05, 3.63) is 29.8 Å². The van der Waals surface area contributed by atoms with Gasteiger partial charge in [-0.1, -0.05) is 12.1 Å². The summed E-state index contributed by atoms with van der Waals surface area (Å²) in [6.07, 6.45) is -4.64. The van der Waals surface area contributed by atoms with Crippen LogP contribution >= 0.6 is 7.82 Å². The lowest BCUT2D eigenvalue weighted by molar-refractivity contribution is -0.482. The van der Waals surface area contributed by atoms with E-state index in [2.05, 4.69) is 20.5 Å². The van der Waals surface area contributed by atoms with Gasteiger partial charge in [-0.25, -0.2) is 4.57 Å². The summed E-state index contributed by atoms with van der Waals surface area (Å²) in [6.45, 7) is 2.18. The second-order valence-corrected chi connectivity index (χ2v) is 11.7. The molecule has 0 spiro atoms. The molecule has 2 aliphatic heterocycles. The van der Waals surface area contributed by atoms with Crippen LogP contribution in [0.25, 0.3) is 0 Å². The Kier molecular flexibility index (Phi) is 9.41. The van der Waals surface area contributed by atoms with Crippen LogP contribution in [0.3, 0.4) is 0 Å². The zero-order valence-electron chi connectivity index (χ0n) is 22.1. The number of hydrogen-bond donors (Lipinski definition) is 9. The molecule has 3 fully saturated rings. The van der Waals surface area contributed by atoms with Gasteiger partial charge in [-0.2, -0.15) is 0 Å². The Bertz CT molecular complexity index is 1020. The second kappa shape index (κ2) is 11.9. The molecule has 1 aliphatic carbocycles. The number of phosphoric ester groups is 1. The molecule has 4 rings (SSSR count). The Hall–Kier alpha value is -1.23. The Morgan fingerprint density at radius 3 is 2.31 bits per heavy atom. The zero-order chi connectivity index (χ0) is 28.6. The Labute approximate surface area is 226 Å². The molecule has 9 N–H and O–H groups in total. The summed E-state index contributed by atoms with van der Waals surface area (Å²) >= 11 is 0. The third-order valence-corrected chi connectivity index (χ3v) is 8.18. The molecule has 0 amide bonds. The number of hydrogen-bond acceptors (Lipinski definition) is 12. The Morgan fingerprint density at radius 1 is 1.03 bits per heavy atom. The Morgan fingerprint density at radius 2 is 1.69 bits per heavy atom. The van der Waals surface area contributed by atoms with Gasteiger partial charge in [0.25, 0.3) is 0 Å². The van der Waals surface area contributed by atoms with Crippen LogP contribution in [-0.2, 0) is 25.2 Å². The number of likely N-dealkylation sites (N-methyl/N-ethyl adjacent to an activating group) is 2. The van der Waals surface area contributed by atoms with Crippen molar-refractivity contribution in [2.24, 2.45) is 0 Å². The third-order valence-electron chi connectivity index (χ3n) is 7.73. The highest BCUT2D eigenvalue weighted by Crippen LogP contribution is 2.46. The fraction of sp³-hybridized carbons (Fsp3) is 0.750. The van der Waals surface area contributed by atoms with Crippen LogP contribution in [0.4, 0.5) is 0 Å². The first-order valence-corrected chi connectivity index (χ1v) is 14.5. The lowest BCUT2D eigenvalue weighted by Crippen LogP contribution is -2.81. The minimum atomic E-state index is -4.61. The largest absolute Gasteiger partial charge is 0.524 e. The lowest BCUT2D eigenvalue weighted by Gasteiger charge is -2.60. The highest BCUT2D eigenvalue weighted by atomic mass is 31.2. The van der Waals surface area contributed by atoms with Crippen molar-refractivity contribution in [1.29, 1.82) is 0 Å². The molecular weight excluding hydrogens is 537 g/mol. The Balaban J connectivity index is 1.38. The van der Waals surface area contributed by atoms with Crippen molar-refractivity contribution in [2.45, 2.75) is 86.5 Å². The van der Waals surface area contributed by atoms with E-state index in [-0.39, 0.29) is 18.7 Å². The highest BCUT2D eigenvalue weighted by molar-refractivity contribution is 7.46. The minimum absolute atomic E-state index is 0.0437. The molecule has 1 aromatic carbocycles. The molecule has 3 aliphatic rings. The van der Waals surface area contributed by atoms with E-state index in [0.29, 0.717) is 19.4 Å². The summed E-state index contributed by atoms with van der Waals surface area (Å²) in [5.74, 6) is -2.20. The van der Waals surface area contributed by atoms with Gasteiger partial charge < -0.3 is 55.1 Å². The topological polar surface area (TPSA) is 211 Å². The summed E-state index contributed by atoms with van der Waals surface area (Å²) in [7, 11) is -1.37. The molecule has 1 saturated carbocycles. The molecule has 1 aromatic rings. The van der Waals surface area contributed by atoms with Crippen LogP contribution in [0.1, 0.15) is 25.3 Å². The highest BCUT2D eigenvalue weighted by Gasteiger charge is 2.68. The first-order chi connectivity index (χ1) is 18.3. The normalized spacial score (nSPS) is 40.5. The van der Waals surface area contributed by atoms with Gasteiger partial charge in [-0.15, -0.1) is 0 Å². The molecule has 2 saturated heterocycles. The third kappa shape index (κ3) is 6.33. The van der Waals surface area contributed by atoms with Crippen molar-refractivity contribution in [2.75, 3.05) is 27.2 Å². The second-order valence-electron chi connectivity index (χ2n) is 10.5. The van der Waals surface area contributed by atoms with Crippen molar-refractivity contribution < 1.29 is 53.5 Å². The maximum atomic E-state index is 11.7. The molecule has 0 radical (unpaired) electrons. The van der Waals surface area contributed by atoms with Crippen molar-refractivity contribution in [3.63, 3.8) is 0 Å². The molecule has 2 heterocycles. The summed E-state index contributed by atoms with van der Waals surface area (Å²) < 4.78 is 33.4. The molecule has 0 bridgehead atoms. The summed E-state index contributed by atoms with van der Waals surface area (Å²) in [5, 5.41) is 54.1. The molecule has 39 heavy (non-hydrogen) atoms. The molecular formula is C24H40N3O11P. The first-order valence-electron chi connectivity index (χ1n) is 13.0. The number of aliphatic hydroxyl groups is 4. The zero-order valence-corrected chi connectivity index (χ0v) is 23.0. The fourth-order valence-electron chi connectivity index (χ4n) is 5.80. The van der Waals surface area contributed by atoms with Crippen LogP contribution in [0.15, 0.2) is 24.3 Å². The number of fused-ring (bicyclic) bond motifs is 2. The SMILES string of the molecule is CN[C@@H]1[C@H](O)[C@H](NC)[C@H]2O[C@]3(O)[C@H](O[C@@H]2[C@H]1O)O[C@H](C)C[C@@]3(O)CNCCCc1ccc(OP(=O)(O)O)cc1. The van der Waals surface area contributed by atoms with Crippen LogP contribution in [0.5, 0.6) is 5.75 Å². The summed E-state index contributed by atoms with van der Waals surface area (Å²) in [5.41, 5.74) is -0.884. The molecule has 0 unspecified atom stereocenters. The van der Waals surface area contributed by atoms with E-state index in [1.807, 2.05) is 0 Å². The van der Waals surface area contributed by atoms with Crippen molar-refractivity contribution in [1.82, 2.24) is 16.0 Å². The van der Waals surface area contributed by atoms with Crippen LogP contribution in [0.2, 0.25) is 0 Å². The van der Waals surface area contributed by atoms with Gasteiger partial charge in [-0.05, 0) is 58.1 Å². The molecule has 15 heteroatoms. The number of aryl methyl sites for hydroxylation is 1. The number of ether oxygens (including phenoxy) is 3. The van der Waals surface area contributed by atoms with Crippen LogP contribution < -0.4 is 20.5 Å². The van der Waals surface area contributed by atoms with Gasteiger partial charge in [0.1, 0.15) is 29.7 Å². The van der Waals surface area contributed by atoms with Crippen molar-refractivity contribution >= 4 is 7.82 Å². The molecule has 14 nitrogen and oxygen atoms in total. The van der Waals surface area contributed by atoms with Crippen LogP contribution in [-0.4, -0.2) is 118 Å². The fourth-order valence-corrected chi connectivity index (χ4v) is 6.19. The van der Waals surface area contributed by atoms with Crippen LogP contribution in [0, 0.1) is 0 Å². The number of aliphatic hydroxyl groups excluding tert-OH is 2. The standard InChI is InChI=1S/C24H40N3O11P/c1-13-11-23(30,12-27-10-4-5-14-6-8-15(9-7-14)38-39(32,33)34)24(31)22(35-13)36-21-19(29)16(25-2)18(28)17(26-3)20(21)37-24/h6-9,13,16-22,25-31H,4-5,10-12H2,1-3H3,(H2,32,33,34)/t13-,16-,17+,18+,19+,20-,21-,22+,23-,24-/m1/s1. The van der Waals surface area contributed by atoms with Gasteiger partial charge in [0.15, 0.2) is 0 Å². The van der Waals surface area contributed by atoms with E-state index in [0.717, 1.165) is 5.56 Å². The molecule has 10 atom stereocenters. The van der Waals surface area contributed by atoms with Gasteiger partial charge in [-0.3, -0.25) is 9.79 Å². The van der Waals surface area contributed by atoms with E-state index in [1.54, 1.807) is 33.2 Å². The smallest absolute Gasteiger partial charge is 0.404 e. The van der Waals surface area contributed by atoms with Gasteiger partial charge >= 0.3 is 7.82 Å². The summed E-state index contributed by atoms with van der Waals surface area (Å²) in [6, 6.07) is 4.95. The van der Waals surface area contributed by atoms with Gasteiger partial charge in [0.2, 0.25) is 12.1 Å². The quantitative estimate of drug-likeness (QED) is 0.108. The van der Waals surface area contributed by atoms with E-state index in [9.17, 15) is 25.0 Å². The predicted octanol–water partition coefficient (Wildman–Crippen LogP) is -2.07. The first kappa shape index (κ1) is 30.7. The van der Waals surface area contributed by atoms with E-state index >= 15 is 0 Å². The van der Waals surface area contributed by atoms with Gasteiger partial charge in [0.05, 0.1) is 24.3 Å². The number of rotatable bonds is 10. The summed E-state index contributed by atoms with van der Waals surface area (Å²) in [4.78, 5) is 17.8. The van der Waals surface area contributed by atoms with E-state index in [4.69, 9.17) is 24.0 Å². The average Bonchev–Trinajstić information content (AvgIpc) is 2.85. The number of nitrogens with one attached hydrogen (secondary N) is 3. The maximum Gasteiger partial charge on any atom is 0.524 e. The minimum Gasteiger partial charge on any atom is -0.404 e. The predicted molar refractivity (Wildman–Crippen MR) is 137 cm³/mol. The average molecular weight is 578 g/mol. The monoisotopic (exact) mass is 577 g/mol. The lowest BCUT2D eigenvalue weighted by atomic mass is 9.77.